The summed E-state index contributed by atoms with van der Waals surface area (Å²) >= 11 is 0. The van der Waals surface area contributed by atoms with Crippen molar-refractivity contribution in [3.63, 3.8) is 0 Å². The Morgan fingerprint density at radius 2 is 2.04 bits per heavy atom. The molecule has 1 aliphatic heterocycles. The summed E-state index contributed by atoms with van der Waals surface area (Å²) in [6.07, 6.45) is 1.99. The molecule has 132 valence electrons. The van der Waals surface area contributed by atoms with Gasteiger partial charge in [-0.1, -0.05) is 0 Å². The Bertz CT molecular complexity index is 666. The number of rotatable bonds is 5. The highest BCUT2D eigenvalue weighted by molar-refractivity contribution is 5.94. The number of nitrogens with one attached hydrogen (secondary N) is 2. The second kappa shape index (κ2) is 7.61. The zero-order valence-electron chi connectivity index (χ0n) is 14.8. The van der Waals surface area contributed by atoms with E-state index in [4.69, 9.17) is 0 Å². The lowest BCUT2D eigenvalue weighted by Gasteiger charge is -2.26. The fourth-order valence-electron chi connectivity index (χ4n) is 3.15. The number of aryl methyl sites for hydroxylation is 1. The van der Waals surface area contributed by atoms with Gasteiger partial charge in [-0.3, -0.25) is 19.3 Å². The summed E-state index contributed by atoms with van der Waals surface area (Å²) in [6.45, 7) is 7.62. The standard InChI is InChI=1S/C17H26N4O3/c1-5-21(6-2)17(24)14-8-12(10-20(14)4)19-16(23)13-9-18-11(3)7-15(13)22/h7,9,12,14H,5-6,8,10H2,1-4H3,(H,18,22)(H,19,23)/t12-,14+/m1/s1. The van der Waals surface area contributed by atoms with Crippen LogP contribution in [0.3, 0.4) is 0 Å². The summed E-state index contributed by atoms with van der Waals surface area (Å²) in [7, 11) is 1.89. The summed E-state index contributed by atoms with van der Waals surface area (Å²) in [5.74, 6) is -0.307. The van der Waals surface area contributed by atoms with Gasteiger partial charge in [-0.05, 0) is 34.2 Å². The van der Waals surface area contributed by atoms with Crippen LogP contribution in [0.25, 0.3) is 0 Å². The van der Waals surface area contributed by atoms with Gasteiger partial charge in [0, 0.05) is 43.6 Å². The molecule has 2 N–H and O–H groups in total. The van der Waals surface area contributed by atoms with E-state index in [1.54, 1.807) is 11.8 Å². The van der Waals surface area contributed by atoms with Crippen molar-refractivity contribution in [3.8, 4) is 0 Å². The number of carbonyl (C=O) groups excluding carboxylic acids is 2. The van der Waals surface area contributed by atoms with Crippen LogP contribution in [0.4, 0.5) is 0 Å². The van der Waals surface area contributed by atoms with Crippen LogP contribution < -0.4 is 10.7 Å². The predicted octanol–water partition coefficient (Wildman–Crippen LogP) is 0.354. The number of hydrogen-bond acceptors (Lipinski definition) is 4. The Balaban J connectivity index is 2.03. The fraction of sp³-hybridized carbons (Fsp3) is 0.588. The smallest absolute Gasteiger partial charge is 0.257 e. The zero-order valence-corrected chi connectivity index (χ0v) is 14.8. The number of H-pyrrole nitrogens is 1. The van der Waals surface area contributed by atoms with Crippen LogP contribution in [0.1, 0.15) is 36.3 Å². The summed E-state index contributed by atoms with van der Waals surface area (Å²) in [5, 5.41) is 2.87. The van der Waals surface area contributed by atoms with E-state index in [-0.39, 0.29) is 29.0 Å². The summed E-state index contributed by atoms with van der Waals surface area (Å²) in [5.41, 5.74) is 0.509. The van der Waals surface area contributed by atoms with Crippen molar-refractivity contribution >= 4 is 11.8 Å². The van der Waals surface area contributed by atoms with E-state index in [0.717, 1.165) is 0 Å². The van der Waals surface area contributed by atoms with Gasteiger partial charge in [0.05, 0.1) is 6.04 Å². The van der Waals surface area contributed by atoms with Crippen LogP contribution in [-0.4, -0.2) is 65.4 Å². The third-order valence-corrected chi connectivity index (χ3v) is 4.55. The maximum absolute atomic E-state index is 12.5. The monoisotopic (exact) mass is 334 g/mol. The van der Waals surface area contributed by atoms with E-state index in [2.05, 4.69) is 10.3 Å². The van der Waals surface area contributed by atoms with Crippen LogP contribution in [0.5, 0.6) is 0 Å². The van der Waals surface area contributed by atoms with Crippen molar-refractivity contribution in [2.45, 2.75) is 39.3 Å². The Hall–Kier alpha value is -2.15. The summed E-state index contributed by atoms with van der Waals surface area (Å²) in [4.78, 5) is 43.4. The normalized spacial score (nSPS) is 20.8. The molecule has 1 fully saturated rings. The zero-order chi connectivity index (χ0) is 17.9. The van der Waals surface area contributed by atoms with E-state index < -0.39 is 5.91 Å². The lowest BCUT2D eigenvalue weighted by molar-refractivity contribution is -0.135. The molecule has 7 nitrogen and oxygen atoms in total. The molecular weight excluding hydrogens is 308 g/mol. The van der Waals surface area contributed by atoms with Gasteiger partial charge in [-0.15, -0.1) is 0 Å². The number of aromatic amines is 1. The minimum atomic E-state index is -0.398. The van der Waals surface area contributed by atoms with E-state index in [1.807, 2.05) is 25.8 Å². The van der Waals surface area contributed by atoms with Crippen LogP contribution in [0.15, 0.2) is 17.1 Å². The Labute approximate surface area is 142 Å². The predicted molar refractivity (Wildman–Crippen MR) is 92.0 cm³/mol. The van der Waals surface area contributed by atoms with Gasteiger partial charge in [0.25, 0.3) is 5.91 Å². The topological polar surface area (TPSA) is 85.5 Å². The van der Waals surface area contributed by atoms with Crippen molar-refractivity contribution in [3.05, 3.63) is 33.7 Å². The maximum atomic E-state index is 12.5. The van der Waals surface area contributed by atoms with E-state index >= 15 is 0 Å². The van der Waals surface area contributed by atoms with Gasteiger partial charge >= 0.3 is 0 Å². The third-order valence-electron chi connectivity index (χ3n) is 4.55. The number of aromatic nitrogens is 1. The first-order chi connectivity index (χ1) is 11.4. The third kappa shape index (κ3) is 3.84. The Morgan fingerprint density at radius 3 is 2.62 bits per heavy atom. The molecule has 0 bridgehead atoms. The molecule has 1 aromatic heterocycles. The van der Waals surface area contributed by atoms with Crippen molar-refractivity contribution in [1.82, 2.24) is 20.1 Å². The molecule has 0 unspecified atom stereocenters. The first-order valence-electron chi connectivity index (χ1n) is 8.36. The molecule has 0 spiro atoms. The van der Waals surface area contributed by atoms with Gasteiger partial charge < -0.3 is 15.2 Å². The average molecular weight is 334 g/mol. The molecule has 0 aromatic carbocycles. The lowest BCUT2D eigenvalue weighted by atomic mass is 10.1. The lowest BCUT2D eigenvalue weighted by Crippen LogP contribution is -2.44. The molecule has 1 aliphatic rings. The number of carbonyl (C=O) groups is 2. The summed E-state index contributed by atoms with van der Waals surface area (Å²) in [6, 6.07) is 1.03. The number of amides is 2. The number of likely N-dealkylation sites (tertiary alicyclic amines) is 1. The molecule has 2 amide bonds. The van der Waals surface area contributed by atoms with Crippen molar-refractivity contribution in [2.75, 3.05) is 26.7 Å². The molecular formula is C17H26N4O3. The SMILES string of the molecule is CCN(CC)C(=O)[C@@H]1C[C@@H](NC(=O)c2c[nH]c(C)cc2=O)CN1C. The van der Waals surface area contributed by atoms with E-state index in [9.17, 15) is 14.4 Å². The van der Waals surface area contributed by atoms with Gasteiger partial charge in [0.2, 0.25) is 5.91 Å². The second-order valence-corrected chi connectivity index (χ2v) is 6.27. The van der Waals surface area contributed by atoms with Crippen LogP contribution in [0.2, 0.25) is 0 Å². The first kappa shape index (κ1) is 18.2. The number of hydrogen-bond donors (Lipinski definition) is 2. The molecule has 2 atom stereocenters. The molecule has 1 saturated heterocycles. The summed E-state index contributed by atoms with van der Waals surface area (Å²) < 4.78 is 0. The minimum Gasteiger partial charge on any atom is -0.364 e. The van der Waals surface area contributed by atoms with Gasteiger partial charge in [0.1, 0.15) is 5.56 Å². The number of nitrogens with zero attached hydrogens (tertiary/aromatic N) is 2. The van der Waals surface area contributed by atoms with Crippen LogP contribution in [0, 0.1) is 6.92 Å². The van der Waals surface area contributed by atoms with Crippen molar-refractivity contribution in [1.29, 1.82) is 0 Å². The molecule has 1 aromatic rings. The molecule has 7 heteroatoms. The quantitative estimate of drug-likeness (QED) is 0.814. The first-order valence-corrected chi connectivity index (χ1v) is 8.36. The highest BCUT2D eigenvalue weighted by Crippen LogP contribution is 2.18. The van der Waals surface area contributed by atoms with Gasteiger partial charge in [-0.2, -0.15) is 0 Å². The second-order valence-electron chi connectivity index (χ2n) is 6.27. The minimum absolute atomic E-state index is 0.0902. The fourth-order valence-corrected chi connectivity index (χ4v) is 3.15. The molecule has 0 aliphatic carbocycles. The molecule has 2 rings (SSSR count). The molecule has 0 radical (unpaired) electrons. The van der Waals surface area contributed by atoms with Crippen molar-refractivity contribution in [2.24, 2.45) is 0 Å². The number of likely N-dealkylation sites (N-methyl/N-ethyl adjacent to an activating group) is 2. The Kier molecular flexibility index (Phi) is 5.77. The average Bonchev–Trinajstić information content (AvgIpc) is 2.88. The van der Waals surface area contributed by atoms with Gasteiger partial charge in [0.15, 0.2) is 5.43 Å². The van der Waals surface area contributed by atoms with E-state index in [1.165, 1.54) is 12.3 Å². The highest BCUT2D eigenvalue weighted by atomic mass is 16.2. The maximum Gasteiger partial charge on any atom is 0.257 e. The highest BCUT2D eigenvalue weighted by Gasteiger charge is 2.37. The van der Waals surface area contributed by atoms with Crippen molar-refractivity contribution < 1.29 is 9.59 Å². The van der Waals surface area contributed by atoms with Crippen LogP contribution >= 0.6 is 0 Å². The van der Waals surface area contributed by atoms with Crippen LogP contribution in [-0.2, 0) is 4.79 Å². The largest absolute Gasteiger partial charge is 0.364 e. The number of pyridine rings is 1. The molecule has 2 heterocycles. The van der Waals surface area contributed by atoms with E-state index in [0.29, 0.717) is 31.7 Å². The Morgan fingerprint density at radius 1 is 1.38 bits per heavy atom. The van der Waals surface area contributed by atoms with Gasteiger partial charge in [-0.25, -0.2) is 0 Å². The molecule has 24 heavy (non-hydrogen) atoms. The molecule has 0 saturated carbocycles.